The number of thiophene rings is 1. The lowest BCUT2D eigenvalue weighted by Gasteiger charge is -1.93. The van der Waals surface area contributed by atoms with Crippen molar-refractivity contribution >= 4 is 33.0 Å². The maximum atomic E-state index is 8.97. The van der Waals surface area contributed by atoms with Gasteiger partial charge in [0.2, 0.25) is 0 Å². The second kappa shape index (κ2) is 3.58. The van der Waals surface area contributed by atoms with Crippen LogP contribution in [0, 0.1) is 11.3 Å². The zero-order chi connectivity index (χ0) is 10.1. The van der Waals surface area contributed by atoms with Crippen molar-refractivity contribution in [2.45, 2.75) is 6.61 Å². The zero-order valence-corrected chi connectivity index (χ0v) is 8.69. The summed E-state index contributed by atoms with van der Waals surface area (Å²) in [5, 5.41) is 19.3. The van der Waals surface area contributed by atoms with E-state index in [-0.39, 0.29) is 6.61 Å². The predicted molar refractivity (Wildman–Crippen MR) is 57.5 cm³/mol. The fourth-order valence-corrected chi connectivity index (χ4v) is 2.52. The minimum atomic E-state index is 0.00182. The molecule has 4 heteroatoms. The molecule has 0 amide bonds. The monoisotopic (exact) mass is 223 g/mol. The summed E-state index contributed by atoms with van der Waals surface area (Å²) < 4.78 is 0.890. The van der Waals surface area contributed by atoms with Crippen LogP contribution in [-0.4, -0.2) is 5.11 Å². The molecule has 0 radical (unpaired) electrons. The third-order valence-electron chi connectivity index (χ3n) is 1.91. The minimum absolute atomic E-state index is 0.00182. The van der Waals surface area contributed by atoms with Gasteiger partial charge in [-0.2, -0.15) is 5.26 Å². The molecule has 1 heterocycles. The van der Waals surface area contributed by atoms with Crippen molar-refractivity contribution < 1.29 is 5.11 Å². The molecular formula is C10H6ClNOS. The van der Waals surface area contributed by atoms with Gasteiger partial charge < -0.3 is 5.11 Å². The van der Waals surface area contributed by atoms with Gasteiger partial charge in [0.15, 0.2) is 0 Å². The highest BCUT2D eigenvalue weighted by Gasteiger charge is 2.07. The van der Waals surface area contributed by atoms with Gasteiger partial charge in [-0.15, -0.1) is 11.3 Å². The van der Waals surface area contributed by atoms with E-state index in [4.69, 9.17) is 22.0 Å². The Morgan fingerprint density at radius 1 is 1.43 bits per heavy atom. The Balaban J connectivity index is 2.79. The fourth-order valence-electron chi connectivity index (χ4n) is 1.33. The number of fused-ring (bicyclic) bond motifs is 1. The van der Waals surface area contributed by atoms with Crippen molar-refractivity contribution in [1.82, 2.24) is 0 Å². The lowest BCUT2D eigenvalue weighted by atomic mass is 10.2. The molecule has 0 saturated heterocycles. The van der Waals surface area contributed by atoms with Gasteiger partial charge in [-0.1, -0.05) is 11.6 Å². The number of aliphatic hydroxyl groups excluding tert-OH is 1. The van der Waals surface area contributed by atoms with Crippen LogP contribution in [0.1, 0.15) is 10.4 Å². The number of nitrogens with zero attached hydrogens (tertiary/aromatic N) is 1. The predicted octanol–water partition coefficient (Wildman–Crippen LogP) is 2.92. The highest BCUT2D eigenvalue weighted by Crippen LogP contribution is 2.31. The second-order valence-electron chi connectivity index (χ2n) is 2.85. The third-order valence-corrected chi connectivity index (χ3v) is 3.30. The molecule has 1 N–H and O–H groups in total. The topological polar surface area (TPSA) is 44.0 Å². The van der Waals surface area contributed by atoms with Crippen molar-refractivity contribution in [3.63, 3.8) is 0 Å². The van der Waals surface area contributed by atoms with Crippen LogP contribution in [0.4, 0.5) is 0 Å². The van der Waals surface area contributed by atoms with Gasteiger partial charge in [-0.25, -0.2) is 0 Å². The van der Waals surface area contributed by atoms with Crippen LogP contribution in [0.15, 0.2) is 18.2 Å². The zero-order valence-electron chi connectivity index (χ0n) is 7.12. The summed E-state index contributed by atoms with van der Waals surface area (Å²) in [6, 6.07) is 7.39. The quantitative estimate of drug-likeness (QED) is 0.808. The first-order valence-corrected chi connectivity index (χ1v) is 5.17. The Bertz CT molecular complexity index is 527. The average Bonchev–Trinajstić information content (AvgIpc) is 2.59. The molecule has 0 aliphatic carbocycles. The smallest absolute Gasteiger partial charge is 0.101 e. The first-order valence-electron chi connectivity index (χ1n) is 3.97. The highest BCUT2D eigenvalue weighted by atomic mass is 35.5. The van der Waals surface area contributed by atoms with Gasteiger partial charge in [-0.05, 0) is 23.6 Å². The molecule has 0 spiro atoms. The van der Waals surface area contributed by atoms with Gasteiger partial charge in [0.1, 0.15) is 6.07 Å². The summed E-state index contributed by atoms with van der Waals surface area (Å²) >= 11 is 7.27. The van der Waals surface area contributed by atoms with Crippen LogP contribution in [-0.2, 0) is 6.61 Å². The molecule has 1 aromatic heterocycles. The van der Waals surface area contributed by atoms with Crippen LogP contribution in [0.2, 0.25) is 5.02 Å². The second-order valence-corrected chi connectivity index (χ2v) is 4.43. The average molecular weight is 224 g/mol. The first-order chi connectivity index (χ1) is 6.74. The molecular weight excluding hydrogens is 218 g/mol. The summed E-state index contributed by atoms with van der Waals surface area (Å²) in [7, 11) is 0. The molecule has 1 aromatic carbocycles. The van der Waals surface area contributed by atoms with Gasteiger partial charge in [0.05, 0.1) is 16.9 Å². The summed E-state index contributed by atoms with van der Waals surface area (Å²) in [6.07, 6.45) is 0. The third kappa shape index (κ3) is 1.48. The number of benzene rings is 1. The van der Waals surface area contributed by atoms with E-state index in [1.165, 1.54) is 11.3 Å². The molecule has 2 nitrogen and oxygen atoms in total. The molecule has 0 unspecified atom stereocenters. The Morgan fingerprint density at radius 3 is 2.86 bits per heavy atom. The van der Waals surface area contributed by atoms with Crippen LogP contribution in [0.5, 0.6) is 0 Å². The van der Waals surface area contributed by atoms with Crippen molar-refractivity contribution in [1.29, 1.82) is 5.26 Å². The lowest BCUT2D eigenvalue weighted by molar-refractivity contribution is 0.285. The van der Waals surface area contributed by atoms with Gasteiger partial charge in [0, 0.05) is 9.90 Å². The largest absolute Gasteiger partial charge is 0.391 e. The van der Waals surface area contributed by atoms with E-state index < -0.39 is 0 Å². The van der Waals surface area contributed by atoms with Crippen LogP contribution >= 0.6 is 22.9 Å². The SMILES string of the molecule is N#Cc1cc(Cl)cc2cc(CO)sc12. The van der Waals surface area contributed by atoms with Crippen LogP contribution in [0.3, 0.4) is 0 Å². The van der Waals surface area contributed by atoms with Crippen LogP contribution in [0.25, 0.3) is 10.1 Å². The molecule has 0 atom stereocenters. The number of halogens is 1. The summed E-state index contributed by atoms with van der Waals surface area (Å²) in [4.78, 5) is 0.846. The minimum Gasteiger partial charge on any atom is -0.391 e. The Labute approximate surface area is 90.0 Å². The molecule has 14 heavy (non-hydrogen) atoms. The number of aliphatic hydroxyl groups is 1. The van der Waals surface area contributed by atoms with E-state index in [0.29, 0.717) is 10.6 Å². The Kier molecular flexibility index (Phi) is 2.42. The normalized spacial score (nSPS) is 10.4. The Morgan fingerprint density at radius 2 is 2.21 bits per heavy atom. The van der Waals surface area contributed by atoms with E-state index in [1.54, 1.807) is 12.1 Å². The molecule has 0 aliphatic heterocycles. The molecule has 0 bridgehead atoms. The van der Waals surface area contributed by atoms with Gasteiger partial charge >= 0.3 is 0 Å². The number of rotatable bonds is 1. The van der Waals surface area contributed by atoms with Crippen molar-refractivity contribution in [2.75, 3.05) is 0 Å². The molecule has 0 aliphatic rings. The van der Waals surface area contributed by atoms with Gasteiger partial charge in [-0.3, -0.25) is 0 Å². The molecule has 2 rings (SSSR count). The maximum Gasteiger partial charge on any atom is 0.101 e. The first kappa shape index (κ1) is 9.47. The maximum absolute atomic E-state index is 8.97. The molecule has 70 valence electrons. The van der Waals surface area contributed by atoms with E-state index in [9.17, 15) is 0 Å². The molecule has 0 fully saturated rings. The van der Waals surface area contributed by atoms with Crippen LogP contribution < -0.4 is 0 Å². The lowest BCUT2D eigenvalue weighted by Crippen LogP contribution is -1.73. The summed E-state index contributed by atoms with van der Waals surface area (Å²) in [5.74, 6) is 0. The fraction of sp³-hybridized carbons (Fsp3) is 0.100. The standard InChI is InChI=1S/C10H6ClNOS/c11-8-1-6-3-9(5-13)14-10(6)7(2-8)4-12/h1-3,13H,5H2. The van der Waals surface area contributed by atoms with E-state index >= 15 is 0 Å². The number of hydrogen-bond acceptors (Lipinski definition) is 3. The molecule has 2 aromatic rings. The number of hydrogen-bond donors (Lipinski definition) is 1. The van der Waals surface area contributed by atoms with E-state index in [0.717, 1.165) is 15.0 Å². The number of nitriles is 1. The van der Waals surface area contributed by atoms with Crippen molar-refractivity contribution in [2.24, 2.45) is 0 Å². The van der Waals surface area contributed by atoms with Crippen molar-refractivity contribution in [3.05, 3.63) is 33.7 Å². The molecule has 0 saturated carbocycles. The van der Waals surface area contributed by atoms with E-state index in [2.05, 4.69) is 6.07 Å². The van der Waals surface area contributed by atoms with E-state index in [1.807, 2.05) is 6.07 Å². The van der Waals surface area contributed by atoms with Gasteiger partial charge in [0.25, 0.3) is 0 Å². The summed E-state index contributed by atoms with van der Waals surface area (Å²) in [5.41, 5.74) is 0.567. The highest BCUT2D eigenvalue weighted by molar-refractivity contribution is 7.19. The Hall–Kier alpha value is -1.08. The van der Waals surface area contributed by atoms with Crippen molar-refractivity contribution in [3.8, 4) is 6.07 Å². The summed E-state index contributed by atoms with van der Waals surface area (Å²) in [6.45, 7) is 0.00182.